The highest BCUT2D eigenvalue weighted by atomic mass is 16.6. The van der Waals surface area contributed by atoms with Gasteiger partial charge in [0, 0.05) is 6.54 Å². The third-order valence-corrected chi connectivity index (χ3v) is 4.02. The third-order valence-electron chi connectivity index (χ3n) is 4.02. The van der Waals surface area contributed by atoms with Crippen LogP contribution in [0.4, 0.5) is 0 Å². The van der Waals surface area contributed by atoms with E-state index in [-0.39, 0.29) is 6.10 Å². The Balaban J connectivity index is 1.19. The molecule has 0 amide bonds. The van der Waals surface area contributed by atoms with Crippen molar-refractivity contribution in [3.8, 4) is 17.2 Å². The zero-order valence-corrected chi connectivity index (χ0v) is 14.1. The van der Waals surface area contributed by atoms with Crippen molar-refractivity contribution in [2.24, 2.45) is 0 Å². The van der Waals surface area contributed by atoms with E-state index in [1.165, 1.54) is 0 Å². The number of para-hydroxylation sites is 3. The van der Waals surface area contributed by atoms with Crippen LogP contribution in [0.3, 0.4) is 0 Å². The zero-order chi connectivity index (χ0) is 17.8. The summed E-state index contributed by atoms with van der Waals surface area (Å²) in [5.74, 6) is 1.35. The van der Waals surface area contributed by atoms with Gasteiger partial charge in [0.2, 0.25) is 5.58 Å². The minimum absolute atomic E-state index is 0.0141. The molecule has 0 saturated carbocycles. The van der Waals surface area contributed by atoms with Crippen LogP contribution in [0.2, 0.25) is 0 Å². The standard InChI is InChI=1S/C19H19NO6/c21-19-25-17-8-3-7-16(18(17)26-19)22-10-4-9-20-11-13-12-23-14-5-1-2-6-15(14)24-13/h1-3,5-8,13,20H,4,9-12H2/t13-/m0/s1. The van der Waals surface area contributed by atoms with E-state index in [1.54, 1.807) is 18.2 Å². The van der Waals surface area contributed by atoms with Crippen molar-refractivity contribution in [2.45, 2.75) is 12.5 Å². The molecule has 0 aliphatic carbocycles. The predicted octanol–water partition coefficient (Wildman–Crippen LogP) is 2.58. The molecule has 4 rings (SSSR count). The average Bonchev–Trinajstić information content (AvgIpc) is 3.05. The molecule has 1 aromatic heterocycles. The number of fused-ring (bicyclic) bond motifs is 2. The number of ether oxygens (including phenoxy) is 3. The van der Waals surface area contributed by atoms with Gasteiger partial charge < -0.3 is 28.4 Å². The van der Waals surface area contributed by atoms with Gasteiger partial charge in [-0.25, -0.2) is 4.79 Å². The Morgan fingerprint density at radius 1 is 1.08 bits per heavy atom. The lowest BCUT2D eigenvalue weighted by Gasteiger charge is -2.26. The van der Waals surface area contributed by atoms with E-state index in [9.17, 15) is 4.79 Å². The largest absolute Gasteiger partial charge is 0.519 e. The highest BCUT2D eigenvalue weighted by Gasteiger charge is 2.19. The summed E-state index contributed by atoms with van der Waals surface area (Å²) in [4.78, 5) is 11.2. The molecule has 0 saturated heterocycles. The van der Waals surface area contributed by atoms with Gasteiger partial charge in [-0.2, -0.15) is 0 Å². The van der Waals surface area contributed by atoms with Gasteiger partial charge in [-0.05, 0) is 37.2 Å². The first-order valence-electron chi connectivity index (χ1n) is 8.54. The maximum absolute atomic E-state index is 11.2. The summed E-state index contributed by atoms with van der Waals surface area (Å²) in [6, 6.07) is 12.8. The van der Waals surface area contributed by atoms with Crippen LogP contribution in [0.1, 0.15) is 6.42 Å². The SMILES string of the molecule is O=c1oc2cccc(OCCCNC[C@H]3COc4ccccc4O3)c2o1. The Kier molecular flexibility index (Phi) is 4.79. The molecule has 0 spiro atoms. The molecule has 1 aliphatic heterocycles. The van der Waals surface area contributed by atoms with Crippen LogP contribution in [0, 0.1) is 0 Å². The number of nitrogens with one attached hydrogen (secondary N) is 1. The molecule has 1 N–H and O–H groups in total. The quantitative estimate of drug-likeness (QED) is 0.651. The molecule has 0 bridgehead atoms. The van der Waals surface area contributed by atoms with Crippen molar-refractivity contribution in [1.29, 1.82) is 0 Å². The van der Waals surface area contributed by atoms with Crippen LogP contribution in [-0.4, -0.2) is 32.4 Å². The molecule has 0 radical (unpaired) electrons. The molecule has 0 unspecified atom stereocenters. The van der Waals surface area contributed by atoms with Crippen LogP contribution < -0.4 is 25.3 Å². The number of rotatable bonds is 7. The Morgan fingerprint density at radius 3 is 2.88 bits per heavy atom. The van der Waals surface area contributed by atoms with Crippen molar-refractivity contribution >= 4 is 11.2 Å². The second-order valence-corrected chi connectivity index (χ2v) is 5.94. The van der Waals surface area contributed by atoms with E-state index in [1.807, 2.05) is 24.3 Å². The van der Waals surface area contributed by atoms with Crippen molar-refractivity contribution in [3.63, 3.8) is 0 Å². The predicted molar refractivity (Wildman–Crippen MR) is 94.1 cm³/mol. The van der Waals surface area contributed by atoms with Gasteiger partial charge in [0.05, 0.1) is 6.61 Å². The van der Waals surface area contributed by atoms with Crippen molar-refractivity contribution in [2.75, 3.05) is 26.3 Å². The Bertz CT molecular complexity index is 931. The smallest absolute Gasteiger partial charge is 0.489 e. The normalized spacial score (nSPS) is 15.9. The fourth-order valence-corrected chi connectivity index (χ4v) is 2.79. The fraction of sp³-hybridized carbons (Fsp3) is 0.316. The molecule has 3 aromatic rings. The minimum Gasteiger partial charge on any atom is -0.489 e. The van der Waals surface area contributed by atoms with Crippen LogP contribution in [-0.2, 0) is 0 Å². The average molecular weight is 357 g/mol. The van der Waals surface area contributed by atoms with E-state index < -0.39 is 5.82 Å². The van der Waals surface area contributed by atoms with E-state index in [0.717, 1.165) is 24.5 Å². The molecule has 7 heteroatoms. The monoisotopic (exact) mass is 357 g/mol. The lowest BCUT2D eigenvalue weighted by Crippen LogP contribution is -2.39. The molecule has 2 heterocycles. The molecule has 0 fully saturated rings. The Hall–Kier alpha value is -2.93. The molecular formula is C19H19NO6. The highest BCUT2D eigenvalue weighted by Crippen LogP contribution is 2.30. The molecule has 26 heavy (non-hydrogen) atoms. The summed E-state index contributed by atoms with van der Waals surface area (Å²) in [5, 5.41) is 3.34. The molecule has 136 valence electrons. The lowest BCUT2D eigenvalue weighted by molar-refractivity contribution is 0.0902. The van der Waals surface area contributed by atoms with Crippen LogP contribution >= 0.6 is 0 Å². The van der Waals surface area contributed by atoms with Crippen molar-refractivity contribution in [3.05, 3.63) is 53.1 Å². The van der Waals surface area contributed by atoms with Gasteiger partial charge in [-0.15, -0.1) is 0 Å². The fourth-order valence-electron chi connectivity index (χ4n) is 2.79. The topological polar surface area (TPSA) is 83.1 Å². The summed E-state index contributed by atoms with van der Waals surface area (Å²) < 4.78 is 27.1. The van der Waals surface area contributed by atoms with Gasteiger partial charge in [0.25, 0.3) is 0 Å². The van der Waals surface area contributed by atoms with Gasteiger partial charge >= 0.3 is 5.82 Å². The Morgan fingerprint density at radius 2 is 1.96 bits per heavy atom. The van der Waals surface area contributed by atoms with Gasteiger partial charge in [0.15, 0.2) is 22.8 Å². The van der Waals surface area contributed by atoms with Crippen LogP contribution in [0.15, 0.2) is 56.1 Å². The number of hydrogen-bond acceptors (Lipinski definition) is 7. The van der Waals surface area contributed by atoms with E-state index in [2.05, 4.69) is 5.32 Å². The summed E-state index contributed by atoms with van der Waals surface area (Å²) in [7, 11) is 0. The van der Waals surface area contributed by atoms with Gasteiger partial charge in [-0.1, -0.05) is 18.2 Å². The number of benzene rings is 2. The first-order chi connectivity index (χ1) is 12.8. The van der Waals surface area contributed by atoms with Crippen LogP contribution in [0.25, 0.3) is 11.2 Å². The maximum Gasteiger partial charge on any atom is 0.519 e. The maximum atomic E-state index is 11.2. The van der Waals surface area contributed by atoms with Crippen molar-refractivity contribution < 1.29 is 23.0 Å². The Labute approximate surface area is 149 Å². The first kappa shape index (κ1) is 16.5. The van der Waals surface area contributed by atoms with Crippen molar-refractivity contribution in [1.82, 2.24) is 5.32 Å². The second-order valence-electron chi connectivity index (χ2n) is 5.94. The summed E-state index contributed by atoms with van der Waals surface area (Å²) in [5.41, 5.74) is 0.734. The zero-order valence-electron chi connectivity index (χ0n) is 14.1. The number of hydrogen-bond donors (Lipinski definition) is 1. The highest BCUT2D eigenvalue weighted by molar-refractivity contribution is 5.76. The molecular weight excluding hydrogens is 338 g/mol. The summed E-state index contributed by atoms with van der Waals surface area (Å²) >= 11 is 0. The lowest BCUT2D eigenvalue weighted by atomic mass is 10.2. The van der Waals surface area contributed by atoms with Crippen LogP contribution in [0.5, 0.6) is 17.2 Å². The first-order valence-corrected chi connectivity index (χ1v) is 8.54. The van der Waals surface area contributed by atoms with E-state index in [4.69, 9.17) is 23.0 Å². The molecule has 7 nitrogen and oxygen atoms in total. The summed E-state index contributed by atoms with van der Waals surface area (Å²) in [6.07, 6.45) is 0.780. The molecule has 2 aromatic carbocycles. The summed E-state index contributed by atoms with van der Waals surface area (Å²) in [6.45, 7) is 2.49. The third kappa shape index (κ3) is 3.67. The van der Waals surface area contributed by atoms with Gasteiger partial charge in [0.1, 0.15) is 12.7 Å². The van der Waals surface area contributed by atoms with E-state index >= 15 is 0 Å². The minimum atomic E-state index is -0.728. The molecule has 1 atom stereocenters. The van der Waals surface area contributed by atoms with E-state index in [0.29, 0.717) is 36.7 Å². The molecule has 1 aliphatic rings. The van der Waals surface area contributed by atoms with Gasteiger partial charge in [-0.3, -0.25) is 0 Å². The second kappa shape index (κ2) is 7.53.